The summed E-state index contributed by atoms with van der Waals surface area (Å²) in [6, 6.07) is 0. The summed E-state index contributed by atoms with van der Waals surface area (Å²) in [6.45, 7) is 4.05. The largest absolute Gasteiger partial charge is 0.466 e. The number of aromatic nitrogens is 2. The van der Waals surface area contributed by atoms with Crippen LogP contribution in [0.5, 0.6) is 5.19 Å². The lowest BCUT2D eigenvalue weighted by atomic mass is 10.2. The van der Waals surface area contributed by atoms with E-state index in [4.69, 9.17) is 9.84 Å². The highest BCUT2D eigenvalue weighted by molar-refractivity contribution is 7.13. The Morgan fingerprint density at radius 1 is 1.54 bits per heavy atom. The summed E-state index contributed by atoms with van der Waals surface area (Å²) < 4.78 is 5.47. The molecular formula is C8H14N2O2S. The van der Waals surface area contributed by atoms with Gasteiger partial charge in [0, 0.05) is 0 Å². The Hall–Kier alpha value is -0.680. The summed E-state index contributed by atoms with van der Waals surface area (Å²) in [7, 11) is 0. The number of rotatable bonds is 5. The van der Waals surface area contributed by atoms with E-state index < -0.39 is 0 Å². The fourth-order valence-electron chi connectivity index (χ4n) is 0.987. The molecule has 0 radical (unpaired) electrons. The maximum Gasteiger partial charge on any atom is 0.294 e. The molecular weight excluding hydrogens is 188 g/mol. The molecule has 0 saturated carbocycles. The minimum atomic E-state index is -0.0663. The van der Waals surface area contributed by atoms with Crippen LogP contribution in [-0.2, 0) is 6.61 Å². The summed E-state index contributed by atoms with van der Waals surface area (Å²) >= 11 is 1.29. The lowest BCUT2D eigenvalue weighted by Crippen LogP contribution is -2.10. The Morgan fingerprint density at radius 2 is 2.31 bits per heavy atom. The molecule has 1 atom stereocenters. The van der Waals surface area contributed by atoms with E-state index in [0.29, 0.717) is 10.2 Å². The van der Waals surface area contributed by atoms with Crippen molar-refractivity contribution >= 4 is 11.3 Å². The number of hydrogen-bond acceptors (Lipinski definition) is 5. The van der Waals surface area contributed by atoms with Gasteiger partial charge in [-0.15, -0.1) is 5.10 Å². The molecule has 0 aromatic carbocycles. The second-order valence-corrected chi connectivity index (χ2v) is 3.86. The highest BCUT2D eigenvalue weighted by Crippen LogP contribution is 2.19. The zero-order valence-corrected chi connectivity index (χ0v) is 8.67. The number of hydrogen-bond donors (Lipinski definition) is 1. The van der Waals surface area contributed by atoms with E-state index in [2.05, 4.69) is 17.1 Å². The average Bonchev–Trinajstić information content (AvgIpc) is 2.52. The first-order valence-electron chi connectivity index (χ1n) is 4.36. The topological polar surface area (TPSA) is 55.2 Å². The van der Waals surface area contributed by atoms with Crippen molar-refractivity contribution in [2.75, 3.05) is 0 Å². The fourth-order valence-corrected chi connectivity index (χ4v) is 1.63. The summed E-state index contributed by atoms with van der Waals surface area (Å²) in [5.74, 6) is 0. The third-order valence-corrected chi connectivity index (χ3v) is 2.38. The highest BCUT2D eigenvalue weighted by Gasteiger charge is 2.07. The van der Waals surface area contributed by atoms with Crippen molar-refractivity contribution in [3.63, 3.8) is 0 Å². The summed E-state index contributed by atoms with van der Waals surface area (Å²) in [6.07, 6.45) is 2.27. The molecule has 1 aromatic rings. The van der Waals surface area contributed by atoms with Crippen molar-refractivity contribution in [2.24, 2.45) is 0 Å². The van der Waals surface area contributed by atoms with Crippen molar-refractivity contribution in [3.05, 3.63) is 5.01 Å². The summed E-state index contributed by atoms with van der Waals surface area (Å²) in [5, 5.41) is 17.4. The van der Waals surface area contributed by atoms with Gasteiger partial charge in [0.25, 0.3) is 5.19 Å². The van der Waals surface area contributed by atoms with Crippen LogP contribution in [0.3, 0.4) is 0 Å². The van der Waals surface area contributed by atoms with Gasteiger partial charge >= 0.3 is 0 Å². The first-order valence-corrected chi connectivity index (χ1v) is 5.17. The number of aliphatic hydroxyl groups is 1. The van der Waals surface area contributed by atoms with Crippen LogP contribution in [0.15, 0.2) is 0 Å². The van der Waals surface area contributed by atoms with Gasteiger partial charge < -0.3 is 9.84 Å². The third kappa shape index (κ3) is 3.28. The van der Waals surface area contributed by atoms with E-state index in [0.717, 1.165) is 12.8 Å². The van der Waals surface area contributed by atoms with E-state index in [1.54, 1.807) is 0 Å². The average molecular weight is 202 g/mol. The van der Waals surface area contributed by atoms with Crippen LogP contribution in [0.1, 0.15) is 31.7 Å². The minimum Gasteiger partial charge on any atom is -0.466 e. The first kappa shape index (κ1) is 10.4. The van der Waals surface area contributed by atoms with E-state index in [-0.39, 0.29) is 12.7 Å². The van der Waals surface area contributed by atoms with Gasteiger partial charge in [0.2, 0.25) is 0 Å². The van der Waals surface area contributed by atoms with E-state index in [1.807, 2.05) is 6.92 Å². The Labute approximate surface area is 81.6 Å². The summed E-state index contributed by atoms with van der Waals surface area (Å²) in [5.41, 5.74) is 0. The van der Waals surface area contributed by atoms with Crippen molar-refractivity contribution in [1.29, 1.82) is 0 Å². The molecule has 4 nitrogen and oxygen atoms in total. The van der Waals surface area contributed by atoms with E-state index >= 15 is 0 Å². The smallest absolute Gasteiger partial charge is 0.294 e. The molecule has 1 rings (SSSR count). The maximum absolute atomic E-state index is 8.74. The third-order valence-electron chi connectivity index (χ3n) is 1.58. The molecule has 1 N–H and O–H groups in total. The SMILES string of the molecule is CCCC(C)Oc1nnc(CO)s1. The van der Waals surface area contributed by atoms with Crippen LogP contribution >= 0.6 is 11.3 Å². The molecule has 1 unspecified atom stereocenters. The number of nitrogens with zero attached hydrogens (tertiary/aromatic N) is 2. The van der Waals surface area contributed by atoms with Crippen molar-refractivity contribution in [2.45, 2.75) is 39.4 Å². The van der Waals surface area contributed by atoms with Crippen LogP contribution in [0, 0.1) is 0 Å². The molecule has 0 fully saturated rings. The number of ether oxygens (including phenoxy) is 1. The molecule has 5 heteroatoms. The molecule has 0 amide bonds. The monoisotopic (exact) mass is 202 g/mol. The molecule has 0 aliphatic rings. The van der Waals surface area contributed by atoms with Crippen LogP contribution in [0.25, 0.3) is 0 Å². The second kappa shape index (κ2) is 5.14. The van der Waals surface area contributed by atoms with Crippen LogP contribution in [-0.4, -0.2) is 21.4 Å². The standard InChI is InChI=1S/C8H14N2O2S/c1-3-4-6(2)12-8-10-9-7(5-11)13-8/h6,11H,3-5H2,1-2H3. The van der Waals surface area contributed by atoms with Crippen LogP contribution in [0.2, 0.25) is 0 Å². The van der Waals surface area contributed by atoms with Crippen LogP contribution < -0.4 is 4.74 Å². The predicted octanol–water partition coefficient (Wildman–Crippen LogP) is 1.60. The molecule has 74 valence electrons. The van der Waals surface area contributed by atoms with Crippen LogP contribution in [0.4, 0.5) is 0 Å². The Balaban J connectivity index is 2.44. The second-order valence-electron chi connectivity index (χ2n) is 2.84. The first-order chi connectivity index (χ1) is 6.26. The van der Waals surface area contributed by atoms with Gasteiger partial charge in [0.15, 0.2) is 0 Å². The minimum absolute atomic E-state index is 0.0663. The van der Waals surface area contributed by atoms with Gasteiger partial charge in [0.1, 0.15) is 5.01 Å². The molecule has 13 heavy (non-hydrogen) atoms. The zero-order chi connectivity index (χ0) is 9.68. The van der Waals surface area contributed by atoms with Gasteiger partial charge in [0.05, 0.1) is 12.7 Å². The van der Waals surface area contributed by atoms with Gasteiger partial charge in [-0.2, -0.15) is 0 Å². The Morgan fingerprint density at radius 3 is 2.85 bits per heavy atom. The zero-order valence-electron chi connectivity index (χ0n) is 7.86. The molecule has 1 aromatic heterocycles. The predicted molar refractivity (Wildman–Crippen MR) is 50.8 cm³/mol. The van der Waals surface area contributed by atoms with E-state index in [1.165, 1.54) is 11.3 Å². The van der Waals surface area contributed by atoms with Gasteiger partial charge in [-0.1, -0.05) is 29.8 Å². The van der Waals surface area contributed by atoms with Crippen molar-refractivity contribution < 1.29 is 9.84 Å². The highest BCUT2D eigenvalue weighted by atomic mass is 32.1. The Bertz CT molecular complexity index is 252. The van der Waals surface area contributed by atoms with E-state index in [9.17, 15) is 0 Å². The normalized spacial score (nSPS) is 12.8. The van der Waals surface area contributed by atoms with Gasteiger partial charge in [-0.25, -0.2) is 0 Å². The van der Waals surface area contributed by atoms with Gasteiger partial charge in [-0.3, -0.25) is 0 Å². The maximum atomic E-state index is 8.74. The van der Waals surface area contributed by atoms with Gasteiger partial charge in [-0.05, 0) is 13.3 Å². The molecule has 0 saturated heterocycles. The fraction of sp³-hybridized carbons (Fsp3) is 0.750. The van der Waals surface area contributed by atoms with Crippen molar-refractivity contribution in [3.8, 4) is 5.19 Å². The molecule has 0 aliphatic heterocycles. The number of aliphatic hydroxyl groups excluding tert-OH is 1. The quantitative estimate of drug-likeness (QED) is 0.788. The molecule has 1 heterocycles. The van der Waals surface area contributed by atoms with Crippen molar-refractivity contribution in [1.82, 2.24) is 10.2 Å². The molecule has 0 spiro atoms. The summed E-state index contributed by atoms with van der Waals surface area (Å²) in [4.78, 5) is 0. The molecule has 0 aliphatic carbocycles. The Kier molecular flexibility index (Phi) is 4.11. The lowest BCUT2D eigenvalue weighted by Gasteiger charge is -2.09. The lowest BCUT2D eigenvalue weighted by molar-refractivity contribution is 0.207. The molecule has 0 bridgehead atoms.